The predicted molar refractivity (Wildman–Crippen MR) is 91.2 cm³/mol. The SMILES string of the molecule is C#CC1=CC[C@H]2[C@@H]3CCC4CCCC[C@]4(C)[C@H]3CC[C@]12C(O)O. The van der Waals surface area contributed by atoms with Crippen LogP contribution in [0, 0.1) is 46.8 Å². The molecule has 4 aliphatic carbocycles. The maximum absolute atomic E-state index is 10.2. The average Bonchev–Trinajstić information content (AvgIpc) is 2.94. The number of hydrogen-bond donors (Lipinski definition) is 2. The highest BCUT2D eigenvalue weighted by atomic mass is 16.5. The lowest BCUT2D eigenvalue weighted by Crippen LogP contribution is -2.55. The van der Waals surface area contributed by atoms with Gasteiger partial charge < -0.3 is 10.2 Å². The first kappa shape index (κ1) is 15.7. The zero-order valence-corrected chi connectivity index (χ0v) is 14.3. The Morgan fingerprint density at radius 2 is 1.96 bits per heavy atom. The lowest BCUT2D eigenvalue weighted by atomic mass is 9.44. The molecular formula is C21H30O2. The van der Waals surface area contributed by atoms with Crippen molar-refractivity contribution in [2.45, 2.75) is 71.0 Å². The first-order valence-electron chi connectivity index (χ1n) is 9.57. The number of aliphatic hydroxyl groups is 2. The van der Waals surface area contributed by atoms with Gasteiger partial charge in [0.25, 0.3) is 0 Å². The molecule has 0 saturated heterocycles. The van der Waals surface area contributed by atoms with Crippen LogP contribution in [0.15, 0.2) is 11.6 Å². The van der Waals surface area contributed by atoms with E-state index < -0.39 is 11.7 Å². The van der Waals surface area contributed by atoms with Crippen molar-refractivity contribution in [1.82, 2.24) is 0 Å². The molecule has 3 fully saturated rings. The van der Waals surface area contributed by atoms with Gasteiger partial charge in [-0.25, -0.2) is 0 Å². The molecule has 1 unspecified atom stereocenters. The average molecular weight is 314 g/mol. The van der Waals surface area contributed by atoms with E-state index in [4.69, 9.17) is 6.42 Å². The van der Waals surface area contributed by atoms with E-state index in [2.05, 4.69) is 18.9 Å². The van der Waals surface area contributed by atoms with Crippen molar-refractivity contribution in [3.63, 3.8) is 0 Å². The van der Waals surface area contributed by atoms with Crippen molar-refractivity contribution in [1.29, 1.82) is 0 Å². The van der Waals surface area contributed by atoms with Crippen molar-refractivity contribution in [2.24, 2.45) is 34.5 Å². The van der Waals surface area contributed by atoms with Crippen LogP contribution in [0.2, 0.25) is 0 Å². The molecule has 0 bridgehead atoms. The van der Waals surface area contributed by atoms with Gasteiger partial charge in [0, 0.05) is 5.57 Å². The number of hydrogen-bond acceptors (Lipinski definition) is 2. The Bertz CT molecular complexity index is 557. The Hall–Kier alpha value is -0.780. The molecule has 0 aliphatic heterocycles. The highest BCUT2D eigenvalue weighted by Gasteiger charge is 2.61. The Labute approximate surface area is 140 Å². The predicted octanol–water partition coefficient (Wildman–Crippen LogP) is 3.88. The molecule has 2 heteroatoms. The van der Waals surface area contributed by atoms with Gasteiger partial charge in [0.15, 0.2) is 6.29 Å². The van der Waals surface area contributed by atoms with E-state index in [1.807, 2.05) is 0 Å². The fraction of sp³-hybridized carbons (Fsp3) is 0.810. The number of rotatable bonds is 1. The van der Waals surface area contributed by atoms with Gasteiger partial charge in [0.1, 0.15) is 0 Å². The topological polar surface area (TPSA) is 40.5 Å². The highest BCUT2D eigenvalue weighted by molar-refractivity contribution is 5.39. The van der Waals surface area contributed by atoms with E-state index >= 15 is 0 Å². The lowest BCUT2D eigenvalue weighted by Gasteiger charge is -2.60. The molecule has 2 N–H and O–H groups in total. The fourth-order valence-corrected chi connectivity index (χ4v) is 7.27. The summed E-state index contributed by atoms with van der Waals surface area (Å²) in [7, 11) is 0. The minimum Gasteiger partial charge on any atom is -0.367 e. The van der Waals surface area contributed by atoms with E-state index in [-0.39, 0.29) is 0 Å². The summed E-state index contributed by atoms with van der Waals surface area (Å²) in [6.45, 7) is 2.54. The fourth-order valence-electron chi connectivity index (χ4n) is 7.27. The van der Waals surface area contributed by atoms with Gasteiger partial charge in [0.05, 0.1) is 5.41 Å². The van der Waals surface area contributed by atoms with Crippen LogP contribution in [-0.2, 0) is 0 Å². The van der Waals surface area contributed by atoms with Crippen LogP contribution in [0.4, 0.5) is 0 Å². The van der Waals surface area contributed by atoms with E-state index in [9.17, 15) is 10.2 Å². The molecule has 0 amide bonds. The van der Waals surface area contributed by atoms with Crippen molar-refractivity contribution in [3.05, 3.63) is 11.6 Å². The summed E-state index contributed by atoms with van der Waals surface area (Å²) in [6.07, 6.45) is 17.6. The molecule has 0 spiro atoms. The summed E-state index contributed by atoms with van der Waals surface area (Å²) in [4.78, 5) is 0. The van der Waals surface area contributed by atoms with Crippen molar-refractivity contribution < 1.29 is 10.2 Å². The van der Waals surface area contributed by atoms with E-state index in [1.165, 1.54) is 38.5 Å². The molecule has 2 nitrogen and oxygen atoms in total. The Balaban J connectivity index is 1.69. The van der Waals surface area contributed by atoms with Crippen LogP contribution < -0.4 is 0 Å². The maximum atomic E-state index is 10.2. The molecule has 0 heterocycles. The normalized spacial score (nSPS) is 48.9. The Morgan fingerprint density at radius 1 is 1.13 bits per heavy atom. The molecule has 126 valence electrons. The summed E-state index contributed by atoms with van der Waals surface area (Å²) in [5.74, 6) is 5.39. The zero-order valence-electron chi connectivity index (χ0n) is 14.3. The first-order valence-corrected chi connectivity index (χ1v) is 9.57. The van der Waals surface area contributed by atoms with Gasteiger partial charge in [-0.2, -0.15) is 0 Å². The zero-order chi connectivity index (χ0) is 16.2. The second-order valence-corrected chi connectivity index (χ2v) is 8.85. The van der Waals surface area contributed by atoms with E-state index in [0.717, 1.165) is 36.7 Å². The number of fused-ring (bicyclic) bond motifs is 5. The molecule has 0 aromatic carbocycles. The van der Waals surface area contributed by atoms with E-state index in [1.54, 1.807) is 0 Å². The van der Waals surface area contributed by atoms with Crippen LogP contribution in [0.3, 0.4) is 0 Å². The van der Waals surface area contributed by atoms with Crippen LogP contribution >= 0.6 is 0 Å². The third-order valence-electron chi connectivity index (χ3n) is 8.40. The van der Waals surface area contributed by atoms with Crippen molar-refractivity contribution in [2.75, 3.05) is 0 Å². The summed E-state index contributed by atoms with van der Waals surface area (Å²) in [5, 5.41) is 20.5. The minimum atomic E-state index is -1.31. The third-order valence-corrected chi connectivity index (χ3v) is 8.40. The molecule has 4 rings (SSSR count). The standard InChI is InChI=1S/C21H30O2/c1-3-14-8-10-18-16-9-7-15-6-4-5-12-20(15,2)17(16)11-13-21(14,18)19(22)23/h1,8,15-19,22-23H,4-7,9-13H2,2H3/t15?,16-,17+,18+,20+,21+/m1/s1. The largest absolute Gasteiger partial charge is 0.367 e. The van der Waals surface area contributed by atoms with Crippen LogP contribution in [0.1, 0.15) is 64.7 Å². The summed E-state index contributed by atoms with van der Waals surface area (Å²) in [5.41, 5.74) is 0.798. The first-order chi connectivity index (χ1) is 11.0. The summed E-state index contributed by atoms with van der Waals surface area (Å²) < 4.78 is 0. The highest BCUT2D eigenvalue weighted by Crippen LogP contribution is 2.66. The molecular weight excluding hydrogens is 284 g/mol. The van der Waals surface area contributed by atoms with Gasteiger partial charge in [0.2, 0.25) is 0 Å². The quantitative estimate of drug-likeness (QED) is 0.569. The monoisotopic (exact) mass is 314 g/mol. The second kappa shape index (κ2) is 5.36. The van der Waals surface area contributed by atoms with Gasteiger partial charge in [-0.3, -0.25) is 0 Å². The third kappa shape index (κ3) is 1.96. The van der Waals surface area contributed by atoms with Crippen molar-refractivity contribution >= 4 is 0 Å². The van der Waals surface area contributed by atoms with Gasteiger partial charge in [-0.05, 0) is 74.0 Å². The van der Waals surface area contributed by atoms with E-state index in [0.29, 0.717) is 17.3 Å². The molecule has 4 aliphatic rings. The number of terminal acetylenes is 1. The Kier molecular flexibility index (Phi) is 3.67. The molecule has 3 saturated carbocycles. The van der Waals surface area contributed by atoms with Gasteiger partial charge in [-0.15, -0.1) is 6.42 Å². The van der Waals surface area contributed by atoms with Crippen LogP contribution in [0.25, 0.3) is 0 Å². The van der Waals surface area contributed by atoms with Crippen molar-refractivity contribution in [3.8, 4) is 12.3 Å². The van der Waals surface area contributed by atoms with Crippen LogP contribution in [0.5, 0.6) is 0 Å². The minimum absolute atomic E-state index is 0.340. The number of aliphatic hydroxyl groups excluding tert-OH is 1. The Morgan fingerprint density at radius 3 is 2.70 bits per heavy atom. The smallest absolute Gasteiger partial charge is 0.162 e. The molecule has 0 aromatic rings. The number of allylic oxidation sites excluding steroid dienone is 1. The van der Waals surface area contributed by atoms with Gasteiger partial charge >= 0.3 is 0 Å². The molecule has 23 heavy (non-hydrogen) atoms. The summed E-state index contributed by atoms with van der Waals surface area (Å²) in [6, 6.07) is 0. The second-order valence-electron chi connectivity index (χ2n) is 8.85. The maximum Gasteiger partial charge on any atom is 0.162 e. The molecule has 6 atom stereocenters. The summed E-state index contributed by atoms with van der Waals surface area (Å²) >= 11 is 0. The van der Waals surface area contributed by atoms with Crippen LogP contribution in [-0.4, -0.2) is 16.5 Å². The lowest BCUT2D eigenvalue weighted by molar-refractivity contribution is -0.187. The van der Waals surface area contributed by atoms with Gasteiger partial charge in [-0.1, -0.05) is 31.8 Å². The molecule has 0 aromatic heterocycles. The molecule has 0 radical (unpaired) electrons.